The fourth-order valence-electron chi connectivity index (χ4n) is 2.71. The minimum absolute atomic E-state index is 0.0448. The molecule has 0 aliphatic heterocycles. The van der Waals surface area contributed by atoms with Crippen molar-refractivity contribution in [2.75, 3.05) is 6.61 Å². The number of nitrogens with zero attached hydrogens (tertiary/aromatic N) is 1. The van der Waals surface area contributed by atoms with Gasteiger partial charge < -0.3 is 14.4 Å². The summed E-state index contributed by atoms with van der Waals surface area (Å²) in [7, 11) is 0. The SMILES string of the molecule is O=C(O)c1ccccc1OCCCc1cc(-c2ccccc2C(F)(F)F)no1. The molecule has 0 fully saturated rings. The van der Waals surface area contributed by atoms with Gasteiger partial charge in [-0.25, -0.2) is 4.79 Å². The smallest absolute Gasteiger partial charge is 0.417 e. The van der Waals surface area contributed by atoms with Gasteiger partial charge >= 0.3 is 12.1 Å². The number of carboxylic acid groups (broad SMARTS) is 1. The first-order valence-corrected chi connectivity index (χ1v) is 8.43. The van der Waals surface area contributed by atoms with Crippen LogP contribution >= 0.6 is 0 Å². The van der Waals surface area contributed by atoms with Crippen molar-refractivity contribution in [3.63, 3.8) is 0 Å². The van der Waals surface area contributed by atoms with Crippen LogP contribution in [0.25, 0.3) is 11.3 Å². The molecular weight excluding hydrogens is 375 g/mol. The maximum absolute atomic E-state index is 13.1. The Bertz CT molecular complexity index is 966. The standard InChI is InChI=1S/C20H16F3NO4/c21-20(22,23)16-9-3-1-7-14(16)17-12-13(28-24-17)6-5-11-27-18-10-4-2-8-15(18)19(25)26/h1-4,7-10,12H,5-6,11H2,(H,25,26). The van der Waals surface area contributed by atoms with Crippen molar-refractivity contribution in [2.24, 2.45) is 0 Å². The lowest BCUT2D eigenvalue weighted by Gasteiger charge is -2.10. The first-order chi connectivity index (χ1) is 13.4. The minimum atomic E-state index is -4.49. The molecule has 1 aromatic heterocycles. The summed E-state index contributed by atoms with van der Waals surface area (Å²) in [6.07, 6.45) is -3.62. The molecule has 146 valence electrons. The van der Waals surface area contributed by atoms with E-state index in [1.54, 1.807) is 18.2 Å². The Labute approximate surface area is 158 Å². The summed E-state index contributed by atoms with van der Waals surface area (Å²) < 4.78 is 50.0. The van der Waals surface area contributed by atoms with Crippen molar-refractivity contribution < 1.29 is 32.3 Å². The molecule has 1 N–H and O–H groups in total. The van der Waals surface area contributed by atoms with E-state index in [1.807, 2.05) is 0 Å². The average molecular weight is 391 g/mol. The van der Waals surface area contributed by atoms with Crippen molar-refractivity contribution >= 4 is 5.97 Å². The van der Waals surface area contributed by atoms with E-state index in [0.29, 0.717) is 18.6 Å². The lowest BCUT2D eigenvalue weighted by atomic mass is 10.0. The number of carboxylic acids is 1. The van der Waals surface area contributed by atoms with E-state index in [9.17, 15) is 18.0 Å². The lowest BCUT2D eigenvalue weighted by Crippen LogP contribution is -2.06. The molecule has 8 heteroatoms. The van der Waals surface area contributed by atoms with E-state index in [0.717, 1.165) is 6.07 Å². The fraction of sp³-hybridized carbons (Fsp3) is 0.200. The molecule has 5 nitrogen and oxygen atoms in total. The van der Waals surface area contributed by atoms with Gasteiger partial charge in [0.2, 0.25) is 0 Å². The minimum Gasteiger partial charge on any atom is -0.493 e. The van der Waals surface area contributed by atoms with E-state index >= 15 is 0 Å². The van der Waals surface area contributed by atoms with Gasteiger partial charge in [-0.15, -0.1) is 0 Å². The molecule has 0 aliphatic carbocycles. The third kappa shape index (κ3) is 4.51. The average Bonchev–Trinajstić information content (AvgIpc) is 3.13. The number of aromatic carboxylic acids is 1. The van der Waals surface area contributed by atoms with Crippen LogP contribution in [0.5, 0.6) is 5.75 Å². The maximum Gasteiger partial charge on any atom is 0.417 e. The van der Waals surface area contributed by atoms with Gasteiger partial charge in [-0.2, -0.15) is 13.2 Å². The van der Waals surface area contributed by atoms with Gasteiger partial charge in [0.05, 0.1) is 12.2 Å². The van der Waals surface area contributed by atoms with Crippen LogP contribution < -0.4 is 4.74 Å². The quantitative estimate of drug-likeness (QED) is 0.569. The van der Waals surface area contributed by atoms with Crippen molar-refractivity contribution in [3.05, 3.63) is 71.5 Å². The Morgan fingerprint density at radius 1 is 1.11 bits per heavy atom. The number of aryl methyl sites for hydroxylation is 1. The van der Waals surface area contributed by atoms with Gasteiger partial charge in [-0.05, 0) is 24.6 Å². The van der Waals surface area contributed by atoms with Crippen LogP contribution in [0.4, 0.5) is 13.2 Å². The number of carbonyl (C=O) groups is 1. The molecule has 0 spiro atoms. The van der Waals surface area contributed by atoms with Gasteiger partial charge in [-0.3, -0.25) is 0 Å². The van der Waals surface area contributed by atoms with Gasteiger partial charge in [0.25, 0.3) is 0 Å². The number of hydrogen-bond acceptors (Lipinski definition) is 4. The Hall–Kier alpha value is -3.29. The molecule has 3 aromatic rings. The summed E-state index contributed by atoms with van der Waals surface area (Å²) in [5, 5.41) is 12.8. The van der Waals surface area contributed by atoms with Crippen LogP contribution in [0, 0.1) is 0 Å². The topological polar surface area (TPSA) is 72.6 Å². The highest BCUT2D eigenvalue weighted by Gasteiger charge is 2.34. The molecule has 0 atom stereocenters. The normalized spacial score (nSPS) is 11.4. The fourth-order valence-corrected chi connectivity index (χ4v) is 2.71. The zero-order chi connectivity index (χ0) is 20.1. The molecule has 28 heavy (non-hydrogen) atoms. The van der Waals surface area contributed by atoms with Gasteiger partial charge in [0.15, 0.2) is 0 Å². The summed E-state index contributed by atoms with van der Waals surface area (Å²) in [5.74, 6) is -0.409. The Kier molecular flexibility index (Phi) is 5.67. The van der Waals surface area contributed by atoms with Crippen molar-refractivity contribution in [1.29, 1.82) is 0 Å². The third-order valence-corrected chi connectivity index (χ3v) is 4.01. The predicted molar refractivity (Wildman–Crippen MR) is 94.2 cm³/mol. The van der Waals surface area contributed by atoms with Gasteiger partial charge in [0.1, 0.15) is 22.8 Å². The second kappa shape index (κ2) is 8.16. The molecule has 0 unspecified atom stereocenters. The summed E-state index contributed by atoms with van der Waals surface area (Å²) in [6.45, 7) is 0.222. The van der Waals surface area contributed by atoms with Crippen LogP contribution in [0.1, 0.15) is 28.1 Å². The number of aromatic nitrogens is 1. The Morgan fingerprint density at radius 2 is 1.82 bits per heavy atom. The first kappa shape index (κ1) is 19.5. The van der Waals surface area contributed by atoms with Crippen molar-refractivity contribution in [1.82, 2.24) is 5.16 Å². The molecule has 0 radical (unpaired) electrons. The zero-order valence-electron chi connectivity index (χ0n) is 14.6. The molecular formula is C20H16F3NO4. The lowest BCUT2D eigenvalue weighted by molar-refractivity contribution is -0.137. The molecule has 0 saturated heterocycles. The molecule has 0 amide bonds. The summed E-state index contributed by atoms with van der Waals surface area (Å²) >= 11 is 0. The number of halogens is 3. The monoisotopic (exact) mass is 391 g/mol. The molecule has 0 bridgehead atoms. The van der Waals surface area contributed by atoms with E-state index < -0.39 is 17.7 Å². The molecule has 2 aromatic carbocycles. The van der Waals surface area contributed by atoms with E-state index in [-0.39, 0.29) is 29.2 Å². The highest BCUT2D eigenvalue weighted by atomic mass is 19.4. The maximum atomic E-state index is 13.1. The molecule has 1 heterocycles. The van der Waals surface area contributed by atoms with Crippen LogP contribution in [0.2, 0.25) is 0 Å². The highest BCUT2D eigenvalue weighted by Crippen LogP contribution is 2.36. The Balaban J connectivity index is 1.62. The van der Waals surface area contributed by atoms with E-state index in [1.165, 1.54) is 30.3 Å². The van der Waals surface area contributed by atoms with Gasteiger partial charge in [-0.1, -0.05) is 35.5 Å². The van der Waals surface area contributed by atoms with Crippen LogP contribution in [0.3, 0.4) is 0 Å². The number of alkyl halides is 3. The largest absolute Gasteiger partial charge is 0.493 e. The van der Waals surface area contributed by atoms with E-state index in [4.69, 9.17) is 14.4 Å². The molecule has 0 saturated carbocycles. The van der Waals surface area contributed by atoms with E-state index in [2.05, 4.69) is 5.16 Å². The molecule has 3 rings (SSSR count). The number of benzene rings is 2. The summed E-state index contributed by atoms with van der Waals surface area (Å²) in [5.41, 5.74) is -0.645. The predicted octanol–water partition coefficient (Wildman–Crippen LogP) is 5.07. The number of rotatable bonds is 7. The Morgan fingerprint density at radius 3 is 2.57 bits per heavy atom. The second-order valence-electron chi connectivity index (χ2n) is 5.98. The highest BCUT2D eigenvalue weighted by molar-refractivity contribution is 5.90. The van der Waals surface area contributed by atoms with Gasteiger partial charge in [0, 0.05) is 18.1 Å². The summed E-state index contributed by atoms with van der Waals surface area (Å²) in [4.78, 5) is 11.1. The third-order valence-electron chi connectivity index (χ3n) is 4.01. The first-order valence-electron chi connectivity index (χ1n) is 8.43. The zero-order valence-corrected chi connectivity index (χ0v) is 14.6. The van der Waals surface area contributed by atoms with Crippen molar-refractivity contribution in [3.8, 4) is 17.0 Å². The van der Waals surface area contributed by atoms with Crippen LogP contribution in [0.15, 0.2) is 59.1 Å². The van der Waals surface area contributed by atoms with Crippen LogP contribution in [-0.4, -0.2) is 22.8 Å². The van der Waals surface area contributed by atoms with Crippen LogP contribution in [-0.2, 0) is 12.6 Å². The number of para-hydroxylation sites is 1. The van der Waals surface area contributed by atoms with Crippen molar-refractivity contribution in [2.45, 2.75) is 19.0 Å². The number of hydrogen-bond donors (Lipinski definition) is 1. The second-order valence-corrected chi connectivity index (χ2v) is 5.98. The summed E-state index contributed by atoms with van der Waals surface area (Å²) in [6, 6.07) is 12.9. The molecule has 0 aliphatic rings. The number of ether oxygens (including phenoxy) is 1.